The molecule has 0 fully saturated rings. The van der Waals surface area contributed by atoms with E-state index >= 15 is 0 Å². The molecule has 6 nitrogen and oxygen atoms in total. The number of nitrogens with one attached hydrogen (secondary N) is 2. The Morgan fingerprint density at radius 3 is 2.70 bits per heavy atom. The Balaban J connectivity index is 1.65. The van der Waals surface area contributed by atoms with Crippen molar-refractivity contribution < 1.29 is 9.63 Å². The summed E-state index contributed by atoms with van der Waals surface area (Å²) in [5, 5.41) is 6.83. The topological polar surface area (TPSA) is 79.4 Å². The van der Waals surface area contributed by atoms with E-state index in [-0.39, 0.29) is 5.91 Å². The van der Waals surface area contributed by atoms with Gasteiger partial charge in [-0.25, -0.2) is 0 Å². The van der Waals surface area contributed by atoms with Gasteiger partial charge in [0.05, 0.1) is 17.0 Å². The van der Waals surface area contributed by atoms with E-state index in [2.05, 4.69) is 20.4 Å². The Morgan fingerprint density at radius 1 is 1.15 bits per heavy atom. The van der Waals surface area contributed by atoms with Gasteiger partial charge in [0.1, 0.15) is 7.11 Å². The Morgan fingerprint density at radius 2 is 1.96 bits per heavy atom. The zero-order valence-electron chi connectivity index (χ0n) is 15.2. The fraction of sp³-hybridized carbons (Fsp3) is 0.190. The second-order valence-corrected chi connectivity index (χ2v) is 6.45. The molecular weight excluding hydrogens is 340 g/mol. The number of aromatic amines is 1. The van der Waals surface area contributed by atoms with Crippen LogP contribution < -0.4 is 5.32 Å². The molecule has 2 aromatic heterocycles. The summed E-state index contributed by atoms with van der Waals surface area (Å²) in [6, 6.07) is 13.9. The van der Waals surface area contributed by atoms with Crippen molar-refractivity contribution in [2.45, 2.75) is 13.3 Å². The number of hydrogen-bond donors (Lipinski definition) is 2. The molecule has 1 aliphatic rings. The van der Waals surface area contributed by atoms with E-state index in [1.54, 1.807) is 6.20 Å². The third kappa shape index (κ3) is 3.33. The molecule has 3 heterocycles. The maximum Gasteiger partial charge on any atom is 0.253 e. The van der Waals surface area contributed by atoms with Gasteiger partial charge in [-0.05, 0) is 30.7 Å². The number of pyridine rings is 1. The van der Waals surface area contributed by atoms with Crippen molar-refractivity contribution in [1.82, 2.24) is 15.3 Å². The van der Waals surface area contributed by atoms with Crippen LogP contribution in [-0.2, 0) is 11.3 Å². The SMILES string of the molecule is CON=C(C)c1ccc(-c2cc(-c3cc4c([nH]3)CCNC4=O)ccn2)cc1. The van der Waals surface area contributed by atoms with E-state index < -0.39 is 0 Å². The number of aromatic nitrogens is 2. The fourth-order valence-corrected chi connectivity index (χ4v) is 3.28. The number of H-pyrrole nitrogens is 1. The molecule has 4 rings (SSSR count). The van der Waals surface area contributed by atoms with Crippen molar-refractivity contribution in [3.8, 4) is 22.5 Å². The number of benzene rings is 1. The molecule has 136 valence electrons. The highest BCUT2D eigenvalue weighted by Crippen LogP contribution is 2.27. The molecule has 0 aliphatic carbocycles. The van der Waals surface area contributed by atoms with Crippen molar-refractivity contribution in [2.24, 2.45) is 5.16 Å². The van der Waals surface area contributed by atoms with Crippen LogP contribution in [0.1, 0.15) is 28.5 Å². The van der Waals surface area contributed by atoms with Crippen molar-refractivity contribution in [3.63, 3.8) is 0 Å². The molecule has 0 saturated carbocycles. The summed E-state index contributed by atoms with van der Waals surface area (Å²) in [4.78, 5) is 24.7. The molecule has 0 spiro atoms. The molecular formula is C21H20N4O2. The van der Waals surface area contributed by atoms with Crippen LogP contribution in [0.15, 0.2) is 53.8 Å². The molecule has 3 aromatic rings. The van der Waals surface area contributed by atoms with E-state index in [4.69, 9.17) is 4.84 Å². The Kier molecular flexibility index (Phi) is 4.46. The minimum atomic E-state index is -0.0169. The summed E-state index contributed by atoms with van der Waals surface area (Å²) in [7, 11) is 1.54. The first kappa shape index (κ1) is 17.0. The number of hydrogen-bond acceptors (Lipinski definition) is 4. The standard InChI is InChI=1S/C21H20N4O2/c1-13(25-27-2)14-3-5-15(6-4-14)19-11-16(7-9-22-19)20-12-17-18(24-20)8-10-23-21(17)26/h3-7,9,11-12,24H,8,10H2,1-2H3,(H,23,26). The van der Waals surface area contributed by atoms with Crippen LogP contribution in [0.2, 0.25) is 0 Å². The minimum Gasteiger partial charge on any atom is -0.399 e. The monoisotopic (exact) mass is 360 g/mol. The first-order valence-electron chi connectivity index (χ1n) is 8.81. The third-order valence-corrected chi connectivity index (χ3v) is 4.70. The lowest BCUT2D eigenvalue weighted by molar-refractivity contribution is 0.0946. The van der Waals surface area contributed by atoms with Crippen molar-refractivity contribution in [1.29, 1.82) is 0 Å². The van der Waals surface area contributed by atoms with Crippen molar-refractivity contribution in [3.05, 3.63) is 65.5 Å². The summed E-state index contributed by atoms with van der Waals surface area (Å²) >= 11 is 0. The van der Waals surface area contributed by atoms with Crippen molar-refractivity contribution in [2.75, 3.05) is 13.7 Å². The maximum atomic E-state index is 12.0. The first-order chi connectivity index (χ1) is 13.2. The molecule has 0 radical (unpaired) electrons. The molecule has 0 saturated heterocycles. The van der Waals surface area contributed by atoms with Crippen LogP contribution in [0.25, 0.3) is 22.5 Å². The lowest BCUT2D eigenvalue weighted by Crippen LogP contribution is -2.31. The minimum absolute atomic E-state index is 0.0169. The van der Waals surface area contributed by atoms with Crippen LogP contribution in [0, 0.1) is 0 Å². The predicted octanol–water partition coefficient (Wildman–Crippen LogP) is 3.40. The summed E-state index contributed by atoms with van der Waals surface area (Å²) in [6.07, 6.45) is 2.61. The largest absolute Gasteiger partial charge is 0.399 e. The number of fused-ring (bicyclic) bond motifs is 1. The lowest BCUT2D eigenvalue weighted by atomic mass is 10.0. The summed E-state index contributed by atoms with van der Waals surface area (Å²) < 4.78 is 0. The second-order valence-electron chi connectivity index (χ2n) is 6.45. The number of oxime groups is 1. The highest BCUT2D eigenvalue weighted by Gasteiger charge is 2.20. The molecule has 0 unspecified atom stereocenters. The fourth-order valence-electron chi connectivity index (χ4n) is 3.28. The van der Waals surface area contributed by atoms with E-state index in [0.717, 1.165) is 51.5 Å². The van der Waals surface area contributed by atoms with Gasteiger partial charge in [-0.1, -0.05) is 29.4 Å². The quantitative estimate of drug-likeness (QED) is 0.553. The van der Waals surface area contributed by atoms with Gasteiger partial charge < -0.3 is 15.1 Å². The predicted molar refractivity (Wildman–Crippen MR) is 105 cm³/mol. The smallest absolute Gasteiger partial charge is 0.253 e. The first-order valence-corrected chi connectivity index (χ1v) is 8.81. The van der Waals surface area contributed by atoms with Gasteiger partial charge in [0.25, 0.3) is 5.91 Å². The average molecular weight is 360 g/mol. The molecule has 1 aliphatic heterocycles. The molecule has 1 aromatic carbocycles. The molecule has 27 heavy (non-hydrogen) atoms. The normalized spacial score (nSPS) is 13.9. The Labute approximate surface area is 157 Å². The average Bonchev–Trinajstić information content (AvgIpc) is 3.14. The summed E-state index contributed by atoms with van der Waals surface area (Å²) in [6.45, 7) is 2.58. The van der Waals surface area contributed by atoms with E-state index in [1.807, 2.05) is 49.4 Å². The zero-order valence-corrected chi connectivity index (χ0v) is 15.2. The highest BCUT2D eigenvalue weighted by molar-refractivity contribution is 5.99. The van der Waals surface area contributed by atoms with Crippen molar-refractivity contribution >= 4 is 11.6 Å². The summed E-state index contributed by atoms with van der Waals surface area (Å²) in [5.41, 5.74) is 7.36. The van der Waals surface area contributed by atoms with Gasteiger partial charge >= 0.3 is 0 Å². The van der Waals surface area contributed by atoms with Gasteiger partial charge in [-0.2, -0.15) is 0 Å². The van der Waals surface area contributed by atoms with E-state index in [0.29, 0.717) is 6.54 Å². The number of nitrogens with zero attached hydrogens (tertiary/aromatic N) is 2. The molecule has 0 bridgehead atoms. The maximum absolute atomic E-state index is 12.0. The second kappa shape index (κ2) is 7.07. The molecule has 1 amide bonds. The Bertz CT molecular complexity index is 1020. The van der Waals surface area contributed by atoms with Crippen LogP contribution in [0.4, 0.5) is 0 Å². The van der Waals surface area contributed by atoms with Crippen LogP contribution in [-0.4, -0.2) is 35.2 Å². The van der Waals surface area contributed by atoms with Gasteiger partial charge in [0.15, 0.2) is 0 Å². The van der Waals surface area contributed by atoms with Crippen LogP contribution in [0.3, 0.4) is 0 Å². The van der Waals surface area contributed by atoms with E-state index in [1.165, 1.54) is 7.11 Å². The molecule has 0 atom stereocenters. The Hall–Kier alpha value is -3.41. The van der Waals surface area contributed by atoms with Crippen LogP contribution in [0.5, 0.6) is 0 Å². The number of carbonyl (C=O) groups excluding carboxylic acids is 1. The van der Waals surface area contributed by atoms with Gasteiger partial charge in [0.2, 0.25) is 0 Å². The van der Waals surface area contributed by atoms with E-state index in [9.17, 15) is 4.79 Å². The highest BCUT2D eigenvalue weighted by atomic mass is 16.6. The number of rotatable bonds is 4. The lowest BCUT2D eigenvalue weighted by Gasteiger charge is -2.11. The van der Waals surface area contributed by atoms with Gasteiger partial charge in [-0.3, -0.25) is 9.78 Å². The zero-order chi connectivity index (χ0) is 18.8. The molecule has 2 N–H and O–H groups in total. The number of amides is 1. The third-order valence-electron chi connectivity index (χ3n) is 4.70. The summed E-state index contributed by atoms with van der Waals surface area (Å²) in [5.74, 6) is -0.0169. The number of carbonyl (C=O) groups is 1. The van der Waals surface area contributed by atoms with Gasteiger partial charge in [0, 0.05) is 41.7 Å². The van der Waals surface area contributed by atoms with Gasteiger partial charge in [-0.15, -0.1) is 0 Å². The van der Waals surface area contributed by atoms with Crippen LogP contribution >= 0.6 is 0 Å². The molecule has 6 heteroatoms.